The number of amides is 3. The number of nitrogens with one attached hydrogen (secondary N) is 2. The van der Waals surface area contributed by atoms with Crippen molar-refractivity contribution in [2.75, 3.05) is 23.9 Å². The maximum Gasteiger partial charge on any atom is 0.251 e. The number of rotatable bonds is 8. The summed E-state index contributed by atoms with van der Waals surface area (Å²) in [5.41, 5.74) is 0.644. The van der Waals surface area contributed by atoms with E-state index < -0.39 is 5.54 Å². The van der Waals surface area contributed by atoms with E-state index in [4.69, 9.17) is 4.74 Å². The SMILES string of the molecule is COc1ccc(N(C(=O)CNC(=O)c2ccccc2)C2(C(=O)Nc3ccccc3)CCCC2)cc1. The molecule has 0 bridgehead atoms. The molecule has 35 heavy (non-hydrogen) atoms. The zero-order chi connectivity index (χ0) is 24.7. The van der Waals surface area contributed by atoms with Crippen LogP contribution in [0.2, 0.25) is 0 Å². The summed E-state index contributed by atoms with van der Waals surface area (Å²) in [6.07, 6.45) is 2.68. The van der Waals surface area contributed by atoms with Crippen LogP contribution in [0.3, 0.4) is 0 Å². The lowest BCUT2D eigenvalue weighted by Crippen LogP contribution is -2.59. The Morgan fingerprint density at radius 3 is 2.06 bits per heavy atom. The van der Waals surface area contributed by atoms with Gasteiger partial charge in [0, 0.05) is 16.9 Å². The summed E-state index contributed by atoms with van der Waals surface area (Å²) in [4.78, 5) is 41.6. The molecule has 3 aromatic rings. The van der Waals surface area contributed by atoms with Crippen LogP contribution in [-0.4, -0.2) is 36.9 Å². The van der Waals surface area contributed by atoms with E-state index in [1.165, 1.54) is 0 Å². The van der Waals surface area contributed by atoms with Crippen molar-refractivity contribution in [1.29, 1.82) is 0 Å². The second kappa shape index (κ2) is 10.9. The molecule has 0 unspecified atom stereocenters. The van der Waals surface area contributed by atoms with Gasteiger partial charge >= 0.3 is 0 Å². The number of benzene rings is 3. The standard InChI is InChI=1S/C28H29N3O4/c1-35-24-16-14-23(15-17-24)31(25(32)20-29-26(33)21-10-4-2-5-11-21)28(18-8-9-19-28)27(34)30-22-12-6-3-7-13-22/h2-7,10-17H,8-9,18-20H2,1H3,(H,29,33)(H,30,34). The second-order valence-corrected chi connectivity index (χ2v) is 8.53. The van der Waals surface area contributed by atoms with Crippen LogP contribution >= 0.6 is 0 Å². The smallest absolute Gasteiger partial charge is 0.251 e. The van der Waals surface area contributed by atoms with Gasteiger partial charge in [0.05, 0.1) is 13.7 Å². The zero-order valence-corrected chi connectivity index (χ0v) is 19.7. The first-order valence-electron chi connectivity index (χ1n) is 11.7. The van der Waals surface area contributed by atoms with Crippen LogP contribution in [-0.2, 0) is 9.59 Å². The van der Waals surface area contributed by atoms with E-state index in [-0.39, 0.29) is 24.3 Å². The lowest BCUT2D eigenvalue weighted by molar-refractivity contribution is -0.126. The third-order valence-corrected chi connectivity index (χ3v) is 6.33. The van der Waals surface area contributed by atoms with E-state index in [9.17, 15) is 14.4 Å². The van der Waals surface area contributed by atoms with Gasteiger partial charge in [0.15, 0.2) is 0 Å². The highest BCUT2D eigenvalue weighted by Crippen LogP contribution is 2.40. The minimum atomic E-state index is -1.07. The number of hydrogen-bond acceptors (Lipinski definition) is 4. The fourth-order valence-electron chi connectivity index (χ4n) is 4.57. The topological polar surface area (TPSA) is 87.7 Å². The number of hydrogen-bond donors (Lipinski definition) is 2. The van der Waals surface area contributed by atoms with Gasteiger partial charge in [-0.15, -0.1) is 0 Å². The van der Waals surface area contributed by atoms with Gasteiger partial charge in [-0.3, -0.25) is 19.3 Å². The number of nitrogens with zero attached hydrogens (tertiary/aromatic N) is 1. The normalized spacial score (nSPS) is 14.1. The number of carbonyl (C=O) groups excluding carboxylic acids is 3. The van der Waals surface area contributed by atoms with Gasteiger partial charge < -0.3 is 15.4 Å². The van der Waals surface area contributed by atoms with E-state index in [0.717, 1.165) is 12.8 Å². The number of para-hydroxylation sites is 1. The van der Waals surface area contributed by atoms with E-state index in [0.29, 0.717) is 35.5 Å². The molecule has 1 aliphatic carbocycles. The van der Waals surface area contributed by atoms with Gasteiger partial charge in [0.25, 0.3) is 11.8 Å². The van der Waals surface area contributed by atoms with Crippen molar-refractivity contribution in [2.45, 2.75) is 31.2 Å². The Bertz CT molecular complexity index is 1160. The molecule has 7 heteroatoms. The van der Waals surface area contributed by atoms with Gasteiger partial charge in [-0.25, -0.2) is 0 Å². The first kappa shape index (κ1) is 24.0. The molecular weight excluding hydrogens is 442 g/mol. The molecular formula is C28H29N3O4. The summed E-state index contributed by atoms with van der Waals surface area (Å²) in [6, 6.07) is 25.0. The van der Waals surface area contributed by atoms with Crippen LogP contribution in [0.4, 0.5) is 11.4 Å². The van der Waals surface area contributed by atoms with Crippen LogP contribution in [0.15, 0.2) is 84.9 Å². The van der Waals surface area contributed by atoms with Crippen LogP contribution in [0.1, 0.15) is 36.0 Å². The number of methoxy groups -OCH3 is 1. The molecule has 0 atom stereocenters. The first-order valence-corrected chi connectivity index (χ1v) is 11.7. The Kier molecular flexibility index (Phi) is 7.45. The van der Waals surface area contributed by atoms with Crippen molar-refractivity contribution in [3.8, 4) is 5.75 Å². The average Bonchev–Trinajstić information content (AvgIpc) is 3.40. The molecule has 1 saturated carbocycles. The Morgan fingerprint density at radius 2 is 1.46 bits per heavy atom. The van der Waals surface area contributed by atoms with Gasteiger partial charge in [-0.2, -0.15) is 0 Å². The van der Waals surface area contributed by atoms with Gasteiger partial charge in [0.1, 0.15) is 11.3 Å². The summed E-state index contributed by atoms with van der Waals surface area (Å²) < 4.78 is 5.27. The third kappa shape index (κ3) is 5.35. The molecule has 2 N–H and O–H groups in total. The molecule has 0 radical (unpaired) electrons. The summed E-state index contributed by atoms with van der Waals surface area (Å²) in [5.74, 6) is -0.292. The Hall–Kier alpha value is -4.13. The highest BCUT2D eigenvalue weighted by molar-refractivity contribution is 6.09. The summed E-state index contributed by atoms with van der Waals surface area (Å²) in [5, 5.41) is 5.71. The molecule has 0 spiro atoms. The third-order valence-electron chi connectivity index (χ3n) is 6.33. The number of ether oxygens (including phenoxy) is 1. The molecule has 0 saturated heterocycles. The van der Waals surface area contributed by atoms with E-state index in [1.54, 1.807) is 60.5 Å². The molecule has 1 fully saturated rings. The van der Waals surface area contributed by atoms with Crippen molar-refractivity contribution < 1.29 is 19.1 Å². The van der Waals surface area contributed by atoms with Crippen molar-refractivity contribution in [3.63, 3.8) is 0 Å². The van der Waals surface area contributed by atoms with E-state index in [1.807, 2.05) is 36.4 Å². The maximum absolute atomic E-state index is 13.7. The molecule has 0 heterocycles. The van der Waals surface area contributed by atoms with Gasteiger partial charge in [-0.05, 0) is 61.4 Å². The Morgan fingerprint density at radius 1 is 0.857 bits per heavy atom. The minimum Gasteiger partial charge on any atom is -0.497 e. The lowest BCUT2D eigenvalue weighted by atomic mass is 9.92. The van der Waals surface area contributed by atoms with Crippen LogP contribution in [0, 0.1) is 0 Å². The van der Waals surface area contributed by atoms with E-state index >= 15 is 0 Å². The summed E-state index contributed by atoms with van der Waals surface area (Å²) in [7, 11) is 1.57. The largest absolute Gasteiger partial charge is 0.497 e. The van der Waals surface area contributed by atoms with E-state index in [2.05, 4.69) is 10.6 Å². The van der Waals surface area contributed by atoms with Crippen LogP contribution < -0.4 is 20.3 Å². The molecule has 0 aromatic heterocycles. The Labute approximate surface area is 205 Å². The van der Waals surface area contributed by atoms with Crippen LogP contribution in [0.5, 0.6) is 5.75 Å². The first-order chi connectivity index (χ1) is 17.0. The highest BCUT2D eigenvalue weighted by atomic mass is 16.5. The monoisotopic (exact) mass is 471 g/mol. The maximum atomic E-state index is 13.7. The zero-order valence-electron chi connectivity index (χ0n) is 19.7. The molecule has 180 valence electrons. The minimum absolute atomic E-state index is 0.236. The van der Waals surface area contributed by atoms with Crippen molar-refractivity contribution in [1.82, 2.24) is 5.32 Å². The van der Waals surface area contributed by atoms with Gasteiger partial charge in [0.2, 0.25) is 5.91 Å². The second-order valence-electron chi connectivity index (χ2n) is 8.53. The summed E-state index contributed by atoms with van der Waals surface area (Å²) in [6.45, 7) is -0.236. The van der Waals surface area contributed by atoms with Crippen molar-refractivity contribution in [3.05, 3.63) is 90.5 Å². The summed E-state index contributed by atoms with van der Waals surface area (Å²) >= 11 is 0. The van der Waals surface area contributed by atoms with Crippen LogP contribution in [0.25, 0.3) is 0 Å². The number of anilines is 2. The predicted octanol–water partition coefficient (Wildman–Crippen LogP) is 4.41. The Balaban J connectivity index is 1.64. The molecule has 3 aromatic carbocycles. The quantitative estimate of drug-likeness (QED) is 0.510. The van der Waals surface area contributed by atoms with Crippen molar-refractivity contribution in [2.24, 2.45) is 0 Å². The molecule has 0 aliphatic heterocycles. The molecule has 4 rings (SSSR count). The lowest BCUT2D eigenvalue weighted by Gasteiger charge is -2.40. The molecule has 3 amide bonds. The van der Waals surface area contributed by atoms with Crippen molar-refractivity contribution >= 4 is 29.1 Å². The van der Waals surface area contributed by atoms with Gasteiger partial charge in [-0.1, -0.05) is 49.2 Å². The highest BCUT2D eigenvalue weighted by Gasteiger charge is 2.49. The molecule has 7 nitrogen and oxygen atoms in total. The fraction of sp³-hybridized carbons (Fsp3) is 0.250. The fourth-order valence-corrected chi connectivity index (χ4v) is 4.57. The molecule has 1 aliphatic rings. The predicted molar refractivity (Wildman–Crippen MR) is 136 cm³/mol. The average molecular weight is 472 g/mol. The number of carbonyl (C=O) groups is 3.